The Kier molecular flexibility index (Phi) is 4.86. The van der Waals surface area contributed by atoms with E-state index in [1.165, 1.54) is 16.9 Å². The fourth-order valence-corrected chi connectivity index (χ4v) is 3.56. The molecule has 5 heteroatoms. The summed E-state index contributed by atoms with van der Waals surface area (Å²) in [6.07, 6.45) is 0. The van der Waals surface area contributed by atoms with Crippen molar-refractivity contribution in [2.24, 2.45) is 12.0 Å². The number of hydrogen-bond donors (Lipinski definition) is 0. The highest BCUT2D eigenvalue weighted by atomic mass is 32.1. The lowest BCUT2D eigenvalue weighted by atomic mass is 10.0. The zero-order valence-electron chi connectivity index (χ0n) is 14.7. The quantitative estimate of drug-likeness (QED) is 0.712. The Balaban J connectivity index is 2.04. The first-order valence-corrected chi connectivity index (χ1v) is 8.83. The highest BCUT2D eigenvalue weighted by Gasteiger charge is 2.11. The van der Waals surface area contributed by atoms with Gasteiger partial charge in [-0.05, 0) is 49.2 Å². The molecule has 3 rings (SSSR count). The first-order chi connectivity index (χ1) is 12.0. The summed E-state index contributed by atoms with van der Waals surface area (Å²) < 4.78 is 7.41. The van der Waals surface area contributed by atoms with Gasteiger partial charge in [-0.25, -0.2) is 0 Å². The number of methoxy groups -OCH3 is 1. The largest absolute Gasteiger partial charge is 0.496 e. The average Bonchev–Trinajstić information content (AvgIpc) is 2.98. The zero-order chi connectivity index (χ0) is 18.0. The van der Waals surface area contributed by atoms with Crippen LogP contribution in [0.15, 0.2) is 52.8 Å². The van der Waals surface area contributed by atoms with Gasteiger partial charge in [-0.2, -0.15) is 4.99 Å². The first kappa shape index (κ1) is 17.2. The molecule has 0 N–H and O–H groups in total. The van der Waals surface area contributed by atoms with Crippen molar-refractivity contribution in [3.8, 4) is 17.0 Å². The maximum atomic E-state index is 12.3. The maximum absolute atomic E-state index is 12.3. The van der Waals surface area contributed by atoms with Crippen molar-refractivity contribution in [2.75, 3.05) is 7.11 Å². The van der Waals surface area contributed by atoms with Gasteiger partial charge in [-0.1, -0.05) is 18.2 Å². The Hall–Kier alpha value is -2.66. The van der Waals surface area contributed by atoms with Crippen LogP contribution in [-0.2, 0) is 7.05 Å². The molecule has 0 spiro atoms. The molecule has 128 valence electrons. The second-order valence-corrected chi connectivity index (χ2v) is 6.70. The number of rotatable bonds is 3. The monoisotopic (exact) mass is 352 g/mol. The van der Waals surface area contributed by atoms with E-state index in [9.17, 15) is 4.79 Å². The van der Waals surface area contributed by atoms with Crippen LogP contribution >= 0.6 is 11.3 Å². The molecule has 0 aliphatic carbocycles. The van der Waals surface area contributed by atoms with Crippen molar-refractivity contribution in [1.29, 1.82) is 0 Å². The van der Waals surface area contributed by atoms with Crippen LogP contribution < -0.4 is 9.54 Å². The maximum Gasteiger partial charge on any atom is 0.279 e. The number of aryl methyl sites for hydroxylation is 1. The van der Waals surface area contributed by atoms with Gasteiger partial charge in [0, 0.05) is 23.6 Å². The van der Waals surface area contributed by atoms with E-state index in [-0.39, 0.29) is 5.91 Å². The predicted octanol–water partition coefficient (Wildman–Crippen LogP) is 4.12. The zero-order valence-corrected chi connectivity index (χ0v) is 15.6. The molecule has 2 aromatic carbocycles. The van der Waals surface area contributed by atoms with Gasteiger partial charge in [0.25, 0.3) is 5.91 Å². The number of carbonyl (C=O) groups excluding carboxylic acids is 1. The molecule has 0 saturated heterocycles. The van der Waals surface area contributed by atoms with E-state index in [2.05, 4.69) is 18.0 Å². The van der Waals surface area contributed by atoms with Crippen LogP contribution in [0.5, 0.6) is 5.75 Å². The summed E-state index contributed by atoms with van der Waals surface area (Å²) >= 11 is 1.45. The summed E-state index contributed by atoms with van der Waals surface area (Å²) in [5.41, 5.74) is 4.94. The van der Waals surface area contributed by atoms with E-state index in [0.717, 1.165) is 22.6 Å². The molecule has 0 atom stereocenters. The highest BCUT2D eigenvalue weighted by Crippen LogP contribution is 2.29. The van der Waals surface area contributed by atoms with Crippen LogP contribution in [0.4, 0.5) is 0 Å². The van der Waals surface area contributed by atoms with Crippen LogP contribution in [0.1, 0.15) is 21.5 Å². The molecule has 0 fully saturated rings. The standard InChI is InChI=1S/C20H20N2O2S/c1-13-10-16(11-18(24-4)14(13)2)17-12-25-20(22(17)3)21-19(23)15-8-6-5-7-9-15/h5-12H,1-4H3. The first-order valence-electron chi connectivity index (χ1n) is 7.95. The van der Waals surface area contributed by atoms with E-state index in [0.29, 0.717) is 10.4 Å². The molecular weight excluding hydrogens is 332 g/mol. The van der Waals surface area contributed by atoms with Gasteiger partial charge in [0.05, 0.1) is 12.8 Å². The Morgan fingerprint density at radius 2 is 1.88 bits per heavy atom. The molecule has 4 nitrogen and oxygen atoms in total. The molecule has 1 amide bonds. The van der Waals surface area contributed by atoms with Crippen molar-refractivity contribution in [2.45, 2.75) is 13.8 Å². The minimum Gasteiger partial charge on any atom is -0.496 e. The number of ether oxygens (including phenoxy) is 1. The Labute approximate surface area is 151 Å². The molecule has 0 radical (unpaired) electrons. The smallest absolute Gasteiger partial charge is 0.279 e. The molecule has 1 aromatic heterocycles. The topological polar surface area (TPSA) is 43.6 Å². The van der Waals surface area contributed by atoms with Gasteiger partial charge in [-0.15, -0.1) is 11.3 Å². The lowest BCUT2D eigenvalue weighted by Crippen LogP contribution is -2.14. The van der Waals surface area contributed by atoms with Crippen molar-refractivity contribution in [3.05, 3.63) is 69.3 Å². The number of hydrogen-bond acceptors (Lipinski definition) is 3. The lowest BCUT2D eigenvalue weighted by Gasteiger charge is -2.11. The van der Waals surface area contributed by atoms with Gasteiger partial charge in [0.15, 0.2) is 4.80 Å². The third-order valence-corrected chi connectivity index (χ3v) is 5.19. The van der Waals surface area contributed by atoms with Crippen LogP contribution in [0, 0.1) is 13.8 Å². The number of benzene rings is 2. The molecule has 0 saturated carbocycles. The summed E-state index contributed by atoms with van der Waals surface area (Å²) in [6.45, 7) is 4.11. The summed E-state index contributed by atoms with van der Waals surface area (Å²) in [7, 11) is 3.60. The lowest BCUT2D eigenvalue weighted by molar-refractivity contribution is 0.0998. The summed E-state index contributed by atoms with van der Waals surface area (Å²) in [6, 6.07) is 13.3. The number of nitrogens with zero attached hydrogens (tertiary/aromatic N) is 2. The fraction of sp³-hybridized carbons (Fsp3) is 0.200. The number of aromatic nitrogens is 1. The van der Waals surface area contributed by atoms with Crippen molar-refractivity contribution in [1.82, 2.24) is 4.57 Å². The third-order valence-electron chi connectivity index (χ3n) is 4.28. The van der Waals surface area contributed by atoms with E-state index >= 15 is 0 Å². The highest BCUT2D eigenvalue weighted by molar-refractivity contribution is 7.07. The molecule has 0 aliphatic heterocycles. The molecule has 0 bridgehead atoms. The van der Waals surface area contributed by atoms with Crippen LogP contribution in [0.3, 0.4) is 0 Å². The van der Waals surface area contributed by atoms with Gasteiger partial charge in [0.1, 0.15) is 5.75 Å². The normalized spacial score (nSPS) is 11.6. The van der Waals surface area contributed by atoms with E-state index in [1.807, 2.05) is 48.2 Å². The molecule has 0 aliphatic rings. The van der Waals surface area contributed by atoms with Gasteiger partial charge in [0.2, 0.25) is 0 Å². The summed E-state index contributed by atoms with van der Waals surface area (Å²) in [4.78, 5) is 17.3. The fourth-order valence-electron chi connectivity index (χ4n) is 2.65. The van der Waals surface area contributed by atoms with Crippen molar-refractivity contribution in [3.63, 3.8) is 0 Å². The minimum absolute atomic E-state index is 0.234. The second kappa shape index (κ2) is 7.07. The van der Waals surface area contributed by atoms with E-state index in [1.54, 1.807) is 19.2 Å². The molecule has 25 heavy (non-hydrogen) atoms. The van der Waals surface area contributed by atoms with E-state index < -0.39 is 0 Å². The Morgan fingerprint density at radius 3 is 2.56 bits per heavy atom. The Morgan fingerprint density at radius 1 is 1.16 bits per heavy atom. The molecule has 0 unspecified atom stereocenters. The minimum atomic E-state index is -0.234. The third kappa shape index (κ3) is 3.42. The van der Waals surface area contributed by atoms with E-state index in [4.69, 9.17) is 4.74 Å². The molecular formula is C20H20N2O2S. The van der Waals surface area contributed by atoms with Gasteiger partial charge < -0.3 is 9.30 Å². The van der Waals surface area contributed by atoms with Crippen molar-refractivity contribution >= 4 is 17.2 Å². The van der Waals surface area contributed by atoms with Gasteiger partial charge >= 0.3 is 0 Å². The number of amides is 1. The van der Waals surface area contributed by atoms with Crippen molar-refractivity contribution < 1.29 is 9.53 Å². The second-order valence-electron chi connectivity index (χ2n) is 5.87. The van der Waals surface area contributed by atoms with Crippen LogP contribution in [0.25, 0.3) is 11.3 Å². The predicted molar refractivity (Wildman–Crippen MR) is 101 cm³/mol. The summed E-state index contributed by atoms with van der Waals surface area (Å²) in [5.74, 6) is 0.627. The number of carbonyl (C=O) groups is 1. The SMILES string of the molecule is COc1cc(-c2csc(=NC(=O)c3ccccc3)n2C)cc(C)c1C. The van der Waals surface area contributed by atoms with Crippen LogP contribution in [-0.4, -0.2) is 17.6 Å². The van der Waals surface area contributed by atoms with Gasteiger partial charge in [-0.3, -0.25) is 4.79 Å². The Bertz CT molecular complexity index is 985. The molecule has 3 aromatic rings. The summed E-state index contributed by atoms with van der Waals surface area (Å²) in [5, 5.41) is 2.01. The average molecular weight is 352 g/mol. The molecule has 1 heterocycles. The number of thiazole rings is 1. The van der Waals surface area contributed by atoms with Crippen LogP contribution in [0.2, 0.25) is 0 Å².